The third-order valence-electron chi connectivity index (χ3n) is 6.66. The summed E-state index contributed by atoms with van der Waals surface area (Å²) in [4.78, 5) is 12.0. The Labute approximate surface area is 259 Å². The summed E-state index contributed by atoms with van der Waals surface area (Å²) in [5, 5.41) is 49.0. The van der Waals surface area contributed by atoms with Crippen molar-refractivity contribution in [1.82, 2.24) is 5.32 Å². The molecule has 2 aliphatic rings. The largest absolute Gasteiger partial charge is 0.394 e. The third-order valence-corrected chi connectivity index (χ3v) is 9.18. The van der Waals surface area contributed by atoms with Crippen molar-refractivity contribution in [3.63, 3.8) is 0 Å². The molecular weight excluding hydrogens is 616 g/mol. The van der Waals surface area contributed by atoms with Gasteiger partial charge in [0.15, 0.2) is 6.29 Å². The van der Waals surface area contributed by atoms with Crippen LogP contribution >= 0.6 is 33.4 Å². The smallest absolute Gasteiger partial charge is 0.222 e. The molecule has 5 atom stereocenters. The molecule has 0 bridgehead atoms. The minimum absolute atomic E-state index is 0.0181. The van der Waals surface area contributed by atoms with E-state index in [2.05, 4.69) is 20.3 Å². The predicted octanol–water partition coefficient (Wildman–Crippen LogP) is 1.28. The summed E-state index contributed by atoms with van der Waals surface area (Å²) in [6.07, 6.45) is 0.0185. The van der Waals surface area contributed by atoms with Crippen LogP contribution in [0.5, 0.6) is 0 Å². The number of hydrogen-bond donors (Lipinski definition) is 5. The van der Waals surface area contributed by atoms with Crippen LogP contribution in [0.15, 0.2) is 15.0 Å². The van der Waals surface area contributed by atoms with E-state index in [1.54, 1.807) is 10.8 Å². The first-order valence-electron chi connectivity index (χ1n) is 14.2. The maximum Gasteiger partial charge on any atom is 0.222 e. The molecule has 1 amide bonds. The molecule has 0 aromatic carbocycles. The number of rotatable bonds is 24. The van der Waals surface area contributed by atoms with Crippen molar-refractivity contribution in [2.75, 3.05) is 71.0 Å². The van der Waals surface area contributed by atoms with Gasteiger partial charge in [0.05, 0.1) is 71.2 Å². The maximum absolute atomic E-state index is 12.0. The highest BCUT2D eigenvalue weighted by Gasteiger charge is 2.44. The van der Waals surface area contributed by atoms with Crippen LogP contribution in [0.2, 0.25) is 0 Å². The molecule has 5 unspecified atom stereocenters. The van der Waals surface area contributed by atoms with E-state index >= 15 is 0 Å². The Hall–Kier alpha value is -0.630. The number of aliphatic hydroxyl groups is 4. The Kier molecular flexibility index (Phi) is 21.2. The molecule has 244 valence electrons. The zero-order valence-corrected chi connectivity index (χ0v) is 26.1. The summed E-state index contributed by atoms with van der Waals surface area (Å²) in [5.74, 6) is 2.02. The van der Waals surface area contributed by atoms with E-state index in [1.807, 2.05) is 10.8 Å². The van der Waals surface area contributed by atoms with Crippen molar-refractivity contribution in [3.8, 4) is 0 Å². The zero-order chi connectivity index (χ0) is 30.4. The number of carbonyl (C=O) groups excluding carboxylic acids is 1. The fourth-order valence-electron chi connectivity index (χ4n) is 4.11. The molecule has 1 saturated carbocycles. The fraction of sp³-hybridized carbons (Fsp3) is 0.920. The second-order valence-corrected chi connectivity index (χ2v) is 12.5. The molecule has 17 heteroatoms. The number of hydrogen-bond acceptors (Lipinski definition) is 14. The van der Waals surface area contributed by atoms with E-state index in [0.29, 0.717) is 45.6 Å². The van der Waals surface area contributed by atoms with Crippen LogP contribution < -0.4 is 5.32 Å². The number of ether oxygens (including phenoxy) is 5. The van der Waals surface area contributed by atoms with Gasteiger partial charge in [0.1, 0.15) is 24.4 Å². The molecule has 42 heavy (non-hydrogen) atoms. The number of amides is 1. The number of halogens is 1. The summed E-state index contributed by atoms with van der Waals surface area (Å²) >= 11 is 5.25. The average molecular weight is 661 g/mol. The predicted molar refractivity (Wildman–Crippen MR) is 159 cm³/mol. The van der Waals surface area contributed by atoms with Gasteiger partial charge in [0.2, 0.25) is 5.91 Å². The first-order chi connectivity index (χ1) is 20.5. The molecule has 0 spiro atoms. The van der Waals surface area contributed by atoms with Gasteiger partial charge in [-0.05, 0) is 36.8 Å². The molecule has 1 saturated heterocycles. The van der Waals surface area contributed by atoms with E-state index in [4.69, 9.17) is 40.6 Å². The monoisotopic (exact) mass is 660 g/mol. The van der Waals surface area contributed by atoms with E-state index < -0.39 is 43.2 Å². The van der Waals surface area contributed by atoms with Gasteiger partial charge in [-0.1, -0.05) is 32.6 Å². The summed E-state index contributed by atoms with van der Waals surface area (Å²) < 4.78 is 30.0. The molecule has 1 heterocycles. The Morgan fingerprint density at radius 3 is 2.10 bits per heavy atom. The van der Waals surface area contributed by atoms with Crippen molar-refractivity contribution in [2.45, 2.75) is 69.2 Å². The first-order valence-corrected chi connectivity index (χ1v) is 17.0. The maximum atomic E-state index is 12.0. The van der Waals surface area contributed by atoms with Crippen LogP contribution in [0.4, 0.5) is 0 Å². The van der Waals surface area contributed by atoms with Crippen LogP contribution in [-0.2, 0) is 28.5 Å². The van der Waals surface area contributed by atoms with Crippen molar-refractivity contribution in [3.05, 3.63) is 0 Å². The molecule has 14 nitrogen and oxygen atoms in total. The van der Waals surface area contributed by atoms with Crippen LogP contribution in [0, 0.1) is 5.92 Å². The lowest BCUT2D eigenvalue weighted by Gasteiger charge is -2.40. The highest BCUT2D eigenvalue weighted by molar-refractivity contribution is 8.76. The van der Waals surface area contributed by atoms with Gasteiger partial charge in [-0.2, -0.15) is 0 Å². The lowest BCUT2D eigenvalue weighted by Crippen LogP contribution is -2.64. The summed E-state index contributed by atoms with van der Waals surface area (Å²) in [7, 11) is 3.63. The standard InChI is InChI=1S/C25H45ClN4O10S2/c26-29-30-28-19(18-3-1-4-18)5-2-15-41-42-16-14-39-13-12-38-11-10-37-9-8-36-7-6-21(32)27-22-24(34)23(33)20(17-31)40-25(22)35/h18,20,22-25,31,33-35H,1-17H2,(H,27,32)/b28-19+,30-29?. The molecule has 0 aromatic rings. The number of carbonyl (C=O) groups is 1. The molecule has 0 aromatic heterocycles. The van der Waals surface area contributed by atoms with Crippen molar-refractivity contribution >= 4 is 45.0 Å². The number of nitrogens with one attached hydrogen (secondary N) is 1. The van der Waals surface area contributed by atoms with E-state index in [9.17, 15) is 20.1 Å². The molecule has 2 fully saturated rings. The van der Waals surface area contributed by atoms with Crippen molar-refractivity contribution < 1.29 is 48.9 Å². The molecule has 1 aliphatic heterocycles. The van der Waals surface area contributed by atoms with Crippen LogP contribution in [0.25, 0.3) is 0 Å². The second-order valence-electron chi connectivity index (χ2n) is 9.65. The first kappa shape index (κ1) is 37.6. The Balaban J connectivity index is 1.31. The topological polar surface area (TPSA) is 193 Å². The SMILES string of the molecule is O=C(CCOCCOCCOCCOCCSSCCC/C(=N\N=NCl)C1CCC1)NC1C(O)OC(CO)C(O)C1O. The Bertz CT molecular complexity index is 787. The zero-order valence-electron chi connectivity index (χ0n) is 23.8. The normalized spacial score (nSPS) is 25.2. The highest BCUT2D eigenvalue weighted by atomic mass is 35.5. The second kappa shape index (κ2) is 23.7. The summed E-state index contributed by atoms with van der Waals surface area (Å²) in [6.45, 7) is 2.69. The van der Waals surface area contributed by atoms with Crippen LogP contribution in [-0.4, -0.2) is 134 Å². The highest BCUT2D eigenvalue weighted by Crippen LogP contribution is 2.30. The van der Waals surface area contributed by atoms with E-state index in [1.165, 1.54) is 19.3 Å². The molecule has 5 N–H and O–H groups in total. The number of nitrogens with zero attached hydrogens (tertiary/aromatic N) is 3. The molecule has 2 rings (SSSR count). The number of aliphatic hydroxyl groups excluding tert-OH is 4. The van der Waals surface area contributed by atoms with Gasteiger partial charge < -0.3 is 49.4 Å². The lowest BCUT2D eigenvalue weighted by atomic mass is 9.80. The quantitative estimate of drug-likeness (QED) is 0.0328. The van der Waals surface area contributed by atoms with Gasteiger partial charge in [0.25, 0.3) is 0 Å². The van der Waals surface area contributed by atoms with Crippen LogP contribution in [0.1, 0.15) is 38.5 Å². The summed E-state index contributed by atoms with van der Waals surface area (Å²) in [6, 6.07) is -1.21. The molecule has 0 radical (unpaired) electrons. The molecular formula is C25H45ClN4O10S2. The van der Waals surface area contributed by atoms with Crippen LogP contribution in [0.3, 0.4) is 0 Å². The Morgan fingerprint density at radius 1 is 0.881 bits per heavy atom. The fourth-order valence-corrected chi connectivity index (χ4v) is 6.09. The van der Waals surface area contributed by atoms with Gasteiger partial charge >= 0.3 is 0 Å². The van der Waals surface area contributed by atoms with Gasteiger partial charge in [0, 0.05) is 23.6 Å². The molecule has 1 aliphatic carbocycles. The average Bonchev–Trinajstić information content (AvgIpc) is 2.95. The summed E-state index contributed by atoms with van der Waals surface area (Å²) in [5.41, 5.74) is 1.12. The lowest BCUT2D eigenvalue weighted by molar-refractivity contribution is -0.253. The van der Waals surface area contributed by atoms with Crippen molar-refractivity contribution in [2.24, 2.45) is 20.9 Å². The minimum Gasteiger partial charge on any atom is -0.394 e. The third kappa shape index (κ3) is 15.4. The van der Waals surface area contributed by atoms with E-state index in [0.717, 1.165) is 30.1 Å². The van der Waals surface area contributed by atoms with Crippen molar-refractivity contribution in [1.29, 1.82) is 0 Å². The Morgan fingerprint density at radius 2 is 1.50 bits per heavy atom. The van der Waals surface area contributed by atoms with Gasteiger partial charge in [-0.25, -0.2) is 0 Å². The van der Waals surface area contributed by atoms with Gasteiger partial charge in [-0.3, -0.25) is 4.79 Å². The van der Waals surface area contributed by atoms with Gasteiger partial charge in [-0.15, -0.1) is 5.10 Å². The van der Waals surface area contributed by atoms with E-state index in [-0.39, 0.29) is 19.6 Å². The minimum atomic E-state index is -1.55.